The van der Waals surface area contributed by atoms with Crippen LogP contribution < -0.4 is 5.32 Å². The van der Waals surface area contributed by atoms with Gasteiger partial charge in [0, 0.05) is 54.6 Å². The third-order valence-electron chi connectivity index (χ3n) is 5.93. The second-order valence-electron chi connectivity index (χ2n) is 8.29. The zero-order valence-corrected chi connectivity index (χ0v) is 16.9. The molecule has 2 N–H and O–H groups in total. The van der Waals surface area contributed by atoms with Gasteiger partial charge < -0.3 is 9.88 Å². The van der Waals surface area contributed by atoms with Gasteiger partial charge in [0.1, 0.15) is 5.82 Å². The van der Waals surface area contributed by atoms with E-state index in [4.69, 9.17) is 0 Å². The topological polar surface area (TPSA) is 58.5 Å². The molecule has 0 spiro atoms. The van der Waals surface area contributed by atoms with E-state index in [1.54, 1.807) is 6.20 Å². The molecule has 0 aliphatic heterocycles. The van der Waals surface area contributed by atoms with Crippen molar-refractivity contribution in [3.8, 4) is 11.1 Å². The fourth-order valence-electron chi connectivity index (χ4n) is 4.43. The summed E-state index contributed by atoms with van der Waals surface area (Å²) in [5.74, 6) is -1.69. The molecule has 0 atom stereocenters. The van der Waals surface area contributed by atoms with Crippen molar-refractivity contribution in [3.63, 3.8) is 0 Å². The number of aromatic amines is 1. The van der Waals surface area contributed by atoms with Crippen LogP contribution in [0.4, 0.5) is 20.3 Å². The van der Waals surface area contributed by atoms with E-state index in [0.29, 0.717) is 6.54 Å². The summed E-state index contributed by atoms with van der Waals surface area (Å²) in [7, 11) is 0. The summed E-state index contributed by atoms with van der Waals surface area (Å²) in [5.41, 5.74) is 6.41. The number of nitrogens with zero attached hydrogens (tertiary/aromatic N) is 3. The van der Waals surface area contributed by atoms with Crippen molar-refractivity contribution >= 4 is 22.4 Å². The average molecular weight is 407 g/mol. The second kappa shape index (κ2) is 6.93. The average Bonchev–Trinajstić information content (AvgIpc) is 3.34. The number of hydrogen-bond acceptors (Lipinski definition) is 3. The van der Waals surface area contributed by atoms with Crippen molar-refractivity contribution in [3.05, 3.63) is 60.2 Å². The normalized spacial score (nSPS) is 16.0. The van der Waals surface area contributed by atoms with Gasteiger partial charge in [-0.3, -0.25) is 5.10 Å². The molecule has 3 aromatic heterocycles. The van der Waals surface area contributed by atoms with Crippen molar-refractivity contribution < 1.29 is 8.78 Å². The first-order chi connectivity index (χ1) is 14.4. The first-order valence-electron chi connectivity index (χ1n) is 10.1. The number of H-pyrrole nitrogens is 1. The third kappa shape index (κ3) is 3.34. The number of fused-ring (bicyclic) bond motifs is 1. The van der Waals surface area contributed by atoms with Crippen LogP contribution in [0, 0.1) is 19.8 Å². The number of nitrogens with one attached hydrogen (secondary N) is 2. The summed E-state index contributed by atoms with van der Waals surface area (Å²) < 4.78 is 28.5. The van der Waals surface area contributed by atoms with E-state index in [1.165, 1.54) is 0 Å². The van der Waals surface area contributed by atoms with E-state index in [-0.39, 0.29) is 18.8 Å². The Hall–Kier alpha value is -3.22. The minimum Gasteiger partial charge on any atom is -0.347 e. The zero-order valence-electron chi connectivity index (χ0n) is 16.9. The molecule has 30 heavy (non-hydrogen) atoms. The van der Waals surface area contributed by atoms with Crippen LogP contribution in [0.5, 0.6) is 0 Å². The van der Waals surface area contributed by atoms with Crippen LogP contribution in [0.25, 0.3) is 22.0 Å². The van der Waals surface area contributed by atoms with E-state index in [2.05, 4.69) is 51.0 Å². The number of halogens is 2. The molecule has 3 heterocycles. The summed E-state index contributed by atoms with van der Waals surface area (Å²) >= 11 is 0. The highest BCUT2D eigenvalue weighted by Gasteiger charge is 2.45. The summed E-state index contributed by atoms with van der Waals surface area (Å²) in [6.07, 6.45) is 7.37. The molecular weight excluding hydrogens is 384 g/mol. The van der Waals surface area contributed by atoms with E-state index in [1.807, 2.05) is 30.7 Å². The Morgan fingerprint density at radius 1 is 1.17 bits per heavy atom. The lowest BCUT2D eigenvalue weighted by molar-refractivity contribution is -0.113. The quantitative estimate of drug-likeness (QED) is 0.437. The monoisotopic (exact) mass is 407 g/mol. The molecule has 4 aromatic rings. The molecule has 1 aliphatic rings. The van der Waals surface area contributed by atoms with Gasteiger partial charge in [-0.1, -0.05) is 0 Å². The predicted octanol–water partition coefficient (Wildman–Crippen LogP) is 5.83. The van der Waals surface area contributed by atoms with E-state index < -0.39 is 5.92 Å². The number of aryl methyl sites for hydroxylation is 2. The van der Waals surface area contributed by atoms with Gasteiger partial charge in [-0.2, -0.15) is 5.10 Å². The molecule has 154 valence electrons. The smallest absolute Gasteiger partial charge is 0.248 e. The Labute approximate surface area is 173 Å². The number of rotatable bonds is 5. The molecule has 1 aromatic carbocycles. The van der Waals surface area contributed by atoms with Crippen LogP contribution in [0.15, 0.2) is 49.1 Å². The molecule has 0 amide bonds. The maximum absolute atomic E-state index is 13.2. The zero-order chi connectivity index (χ0) is 20.9. The van der Waals surface area contributed by atoms with Gasteiger partial charge in [-0.25, -0.2) is 13.8 Å². The van der Waals surface area contributed by atoms with Crippen LogP contribution in [0.2, 0.25) is 0 Å². The van der Waals surface area contributed by atoms with Gasteiger partial charge in [0.25, 0.3) is 0 Å². The lowest BCUT2D eigenvalue weighted by atomic mass is 9.81. The molecule has 0 radical (unpaired) electrons. The lowest BCUT2D eigenvalue weighted by Crippen LogP contribution is -2.37. The van der Waals surface area contributed by atoms with E-state index in [9.17, 15) is 8.78 Å². The van der Waals surface area contributed by atoms with Crippen molar-refractivity contribution in [2.45, 2.75) is 39.2 Å². The van der Waals surface area contributed by atoms with Gasteiger partial charge >= 0.3 is 0 Å². The summed E-state index contributed by atoms with van der Waals surface area (Å²) in [4.78, 5) is 4.55. The summed E-state index contributed by atoms with van der Waals surface area (Å²) in [6.45, 7) is 4.75. The standard InChI is InChI=1S/C23H23F2N5/c1-14-7-17(18-11-27-28-12-18)8-15(2)21(14)29-22-19-4-6-30(20(19)3-5-26-22)13-16-9-23(24,25)10-16/h3-8,11-12,16H,9-10,13H2,1-2H3,(H,26,29)(H,27,28). The molecule has 1 fully saturated rings. The highest BCUT2D eigenvalue weighted by atomic mass is 19.3. The van der Waals surface area contributed by atoms with Crippen molar-refractivity contribution in [2.24, 2.45) is 5.92 Å². The Morgan fingerprint density at radius 2 is 1.93 bits per heavy atom. The Balaban J connectivity index is 1.43. The van der Waals surface area contributed by atoms with E-state index in [0.717, 1.165) is 44.7 Å². The molecular formula is C23H23F2N5. The number of pyridine rings is 1. The molecule has 0 unspecified atom stereocenters. The van der Waals surface area contributed by atoms with Gasteiger partial charge in [-0.15, -0.1) is 0 Å². The predicted molar refractivity (Wildman–Crippen MR) is 114 cm³/mol. The molecule has 0 saturated heterocycles. The first kappa shape index (κ1) is 18.8. The number of aromatic nitrogens is 4. The Morgan fingerprint density at radius 3 is 2.60 bits per heavy atom. The molecule has 1 aliphatic carbocycles. The van der Waals surface area contributed by atoms with Gasteiger partial charge in [0.15, 0.2) is 0 Å². The Bertz CT molecular complexity index is 1180. The van der Waals surface area contributed by atoms with Crippen molar-refractivity contribution in [1.29, 1.82) is 0 Å². The van der Waals surface area contributed by atoms with Gasteiger partial charge in [0.2, 0.25) is 5.92 Å². The maximum atomic E-state index is 13.2. The summed E-state index contributed by atoms with van der Waals surface area (Å²) in [6, 6.07) is 8.20. The molecule has 1 saturated carbocycles. The molecule has 5 nitrogen and oxygen atoms in total. The fraction of sp³-hybridized carbons (Fsp3) is 0.304. The van der Waals surface area contributed by atoms with Crippen LogP contribution in [-0.2, 0) is 6.54 Å². The number of hydrogen-bond donors (Lipinski definition) is 2. The lowest BCUT2D eigenvalue weighted by Gasteiger charge is -2.35. The van der Waals surface area contributed by atoms with Crippen LogP contribution in [-0.4, -0.2) is 25.7 Å². The van der Waals surface area contributed by atoms with Crippen LogP contribution in [0.3, 0.4) is 0 Å². The SMILES string of the molecule is Cc1cc(-c2cn[nH]c2)cc(C)c1Nc1nccc2c1ccn2CC1CC(F)(F)C1. The van der Waals surface area contributed by atoms with Crippen LogP contribution >= 0.6 is 0 Å². The second-order valence-corrected chi connectivity index (χ2v) is 8.29. The maximum Gasteiger partial charge on any atom is 0.248 e. The largest absolute Gasteiger partial charge is 0.347 e. The number of anilines is 2. The summed E-state index contributed by atoms with van der Waals surface area (Å²) in [5, 5.41) is 11.4. The highest BCUT2D eigenvalue weighted by Crippen LogP contribution is 2.43. The Kier molecular flexibility index (Phi) is 4.34. The fourth-order valence-corrected chi connectivity index (χ4v) is 4.43. The van der Waals surface area contributed by atoms with E-state index >= 15 is 0 Å². The minimum atomic E-state index is -2.49. The highest BCUT2D eigenvalue weighted by molar-refractivity contribution is 5.92. The minimum absolute atomic E-state index is 0.0235. The number of alkyl halides is 2. The molecule has 7 heteroatoms. The third-order valence-corrected chi connectivity index (χ3v) is 5.93. The molecule has 0 bridgehead atoms. The van der Waals surface area contributed by atoms with Gasteiger partial charge in [0.05, 0.1) is 11.7 Å². The van der Waals surface area contributed by atoms with Crippen molar-refractivity contribution in [1.82, 2.24) is 19.7 Å². The van der Waals surface area contributed by atoms with Crippen molar-refractivity contribution in [2.75, 3.05) is 5.32 Å². The van der Waals surface area contributed by atoms with Crippen LogP contribution in [0.1, 0.15) is 24.0 Å². The first-order valence-corrected chi connectivity index (χ1v) is 10.1. The van der Waals surface area contributed by atoms with Gasteiger partial charge in [-0.05, 0) is 60.7 Å². The molecule has 5 rings (SSSR count). The number of benzene rings is 1.